The van der Waals surface area contributed by atoms with Gasteiger partial charge in [0.2, 0.25) is 5.91 Å². The molecule has 2 saturated heterocycles. The Kier molecular flexibility index (Phi) is 5.08. The largest absolute Gasteiger partial charge is 0.321 e. The molecule has 2 heterocycles. The van der Waals surface area contributed by atoms with Gasteiger partial charge in [-0.1, -0.05) is 34.1 Å². The van der Waals surface area contributed by atoms with Crippen LogP contribution in [0, 0.1) is 11.8 Å². The normalized spacial score (nSPS) is 33.4. The van der Waals surface area contributed by atoms with Gasteiger partial charge in [-0.15, -0.1) is 0 Å². The van der Waals surface area contributed by atoms with Gasteiger partial charge in [0, 0.05) is 12.6 Å². The van der Waals surface area contributed by atoms with Crippen LogP contribution in [0.1, 0.15) is 47.0 Å². The highest BCUT2D eigenvalue weighted by Gasteiger charge is 2.45. The van der Waals surface area contributed by atoms with Gasteiger partial charge in [-0.25, -0.2) is 0 Å². The van der Waals surface area contributed by atoms with Gasteiger partial charge in [-0.3, -0.25) is 10.1 Å². The van der Waals surface area contributed by atoms with E-state index in [2.05, 4.69) is 49.9 Å². The third-order valence-electron chi connectivity index (χ3n) is 4.90. The van der Waals surface area contributed by atoms with Crippen molar-refractivity contribution in [1.82, 2.24) is 15.1 Å². The Balaban J connectivity index is 2.13. The molecular formula is C16H31N3O. The topological polar surface area (TPSA) is 35.6 Å². The van der Waals surface area contributed by atoms with Gasteiger partial charge < -0.3 is 9.80 Å². The number of nitrogens with zero attached hydrogens (tertiary/aromatic N) is 2. The fraction of sp³-hybridized carbons (Fsp3) is 0.938. The molecule has 0 saturated carbocycles. The highest BCUT2D eigenvalue weighted by Crippen LogP contribution is 2.28. The highest BCUT2D eigenvalue weighted by atomic mass is 16.2. The zero-order valence-corrected chi connectivity index (χ0v) is 13.7. The lowest BCUT2D eigenvalue weighted by molar-refractivity contribution is -0.133. The van der Waals surface area contributed by atoms with Crippen molar-refractivity contribution in [3.05, 3.63) is 0 Å². The quantitative estimate of drug-likeness (QED) is 0.836. The van der Waals surface area contributed by atoms with Crippen LogP contribution in [0.4, 0.5) is 0 Å². The minimum Gasteiger partial charge on any atom is -0.321 e. The summed E-state index contributed by atoms with van der Waals surface area (Å²) in [6.07, 6.45) is 3.46. The molecule has 0 aromatic rings. The molecule has 2 fully saturated rings. The molecule has 0 spiro atoms. The first kappa shape index (κ1) is 15.8. The molecule has 2 aliphatic heterocycles. The molecule has 1 amide bonds. The number of hydrogen-bond acceptors (Lipinski definition) is 3. The van der Waals surface area contributed by atoms with Crippen LogP contribution in [0.25, 0.3) is 0 Å². The van der Waals surface area contributed by atoms with Crippen molar-refractivity contribution in [3.8, 4) is 0 Å². The number of carbonyl (C=O) groups is 1. The maximum absolute atomic E-state index is 12.8. The van der Waals surface area contributed by atoms with E-state index in [-0.39, 0.29) is 12.2 Å². The van der Waals surface area contributed by atoms with Crippen molar-refractivity contribution in [3.63, 3.8) is 0 Å². The van der Waals surface area contributed by atoms with Gasteiger partial charge in [-0.2, -0.15) is 0 Å². The van der Waals surface area contributed by atoms with E-state index in [9.17, 15) is 4.79 Å². The number of carbonyl (C=O) groups excluding carboxylic acids is 1. The van der Waals surface area contributed by atoms with Gasteiger partial charge in [0.15, 0.2) is 0 Å². The summed E-state index contributed by atoms with van der Waals surface area (Å²) in [4.78, 5) is 17.4. The predicted octanol–water partition coefficient (Wildman–Crippen LogP) is 1.91. The first-order valence-electron chi connectivity index (χ1n) is 8.20. The Morgan fingerprint density at radius 3 is 2.55 bits per heavy atom. The fourth-order valence-corrected chi connectivity index (χ4v) is 3.52. The van der Waals surface area contributed by atoms with Gasteiger partial charge in [-0.05, 0) is 38.3 Å². The zero-order chi connectivity index (χ0) is 14.9. The summed E-state index contributed by atoms with van der Waals surface area (Å²) in [6, 6.07) is 0.424. The molecule has 4 unspecified atom stereocenters. The fourth-order valence-electron chi connectivity index (χ4n) is 3.52. The summed E-state index contributed by atoms with van der Waals surface area (Å²) in [5.41, 5.74) is 0. The van der Waals surface area contributed by atoms with E-state index in [1.165, 1.54) is 0 Å². The molecule has 0 aromatic carbocycles. The summed E-state index contributed by atoms with van der Waals surface area (Å²) in [5.74, 6) is 1.37. The van der Waals surface area contributed by atoms with Crippen molar-refractivity contribution >= 4 is 5.91 Å². The number of nitrogens with one attached hydrogen (secondary N) is 1. The number of hydrogen-bond donors (Lipinski definition) is 1. The van der Waals surface area contributed by atoms with Crippen LogP contribution in [-0.2, 0) is 4.79 Å². The van der Waals surface area contributed by atoms with E-state index in [0.29, 0.717) is 23.8 Å². The third kappa shape index (κ3) is 3.17. The SMILES string of the molecule is CCC(C)C1NC(CC(C)C)N(C2CCN(C)C2)C1=O. The van der Waals surface area contributed by atoms with Crippen molar-refractivity contribution in [1.29, 1.82) is 0 Å². The Morgan fingerprint density at radius 1 is 1.35 bits per heavy atom. The molecule has 116 valence electrons. The van der Waals surface area contributed by atoms with Crippen molar-refractivity contribution < 1.29 is 4.79 Å². The van der Waals surface area contributed by atoms with E-state index >= 15 is 0 Å². The second kappa shape index (κ2) is 6.44. The minimum atomic E-state index is 0.0228. The van der Waals surface area contributed by atoms with E-state index in [1.54, 1.807) is 0 Å². The van der Waals surface area contributed by atoms with E-state index in [1.807, 2.05) is 0 Å². The molecule has 2 rings (SSSR count). The van der Waals surface area contributed by atoms with Crippen molar-refractivity contribution in [2.75, 3.05) is 20.1 Å². The maximum atomic E-state index is 12.8. The molecule has 0 bridgehead atoms. The third-order valence-corrected chi connectivity index (χ3v) is 4.90. The maximum Gasteiger partial charge on any atom is 0.241 e. The number of rotatable bonds is 5. The number of likely N-dealkylation sites (N-methyl/N-ethyl adjacent to an activating group) is 1. The first-order valence-corrected chi connectivity index (χ1v) is 8.20. The van der Waals surface area contributed by atoms with Crippen LogP contribution in [0.2, 0.25) is 0 Å². The van der Waals surface area contributed by atoms with Gasteiger partial charge in [0.05, 0.1) is 12.2 Å². The summed E-state index contributed by atoms with van der Waals surface area (Å²) in [7, 11) is 2.15. The van der Waals surface area contributed by atoms with Crippen LogP contribution in [0.15, 0.2) is 0 Å². The second-order valence-electron chi connectivity index (χ2n) is 7.13. The average molecular weight is 281 g/mol. The van der Waals surface area contributed by atoms with Crippen LogP contribution >= 0.6 is 0 Å². The smallest absolute Gasteiger partial charge is 0.241 e. The molecule has 0 radical (unpaired) electrons. The highest BCUT2D eigenvalue weighted by molar-refractivity contribution is 5.85. The van der Waals surface area contributed by atoms with Crippen LogP contribution in [0.3, 0.4) is 0 Å². The molecular weight excluding hydrogens is 250 g/mol. The van der Waals surface area contributed by atoms with E-state index in [4.69, 9.17) is 0 Å². The predicted molar refractivity (Wildman–Crippen MR) is 82.4 cm³/mol. The van der Waals surface area contributed by atoms with Gasteiger partial charge in [0.25, 0.3) is 0 Å². The van der Waals surface area contributed by atoms with Gasteiger partial charge >= 0.3 is 0 Å². The molecule has 0 aliphatic carbocycles. The lowest BCUT2D eigenvalue weighted by Crippen LogP contribution is -2.46. The minimum absolute atomic E-state index is 0.0228. The second-order valence-corrected chi connectivity index (χ2v) is 7.13. The molecule has 4 atom stereocenters. The van der Waals surface area contributed by atoms with Crippen molar-refractivity contribution in [2.24, 2.45) is 11.8 Å². The van der Waals surface area contributed by atoms with Crippen LogP contribution in [-0.4, -0.2) is 54.1 Å². The Morgan fingerprint density at radius 2 is 2.05 bits per heavy atom. The molecule has 4 heteroatoms. The van der Waals surface area contributed by atoms with Gasteiger partial charge in [0.1, 0.15) is 0 Å². The standard InChI is InChI=1S/C16H31N3O/c1-6-12(4)15-16(20)19(13-7-8-18(5)10-13)14(17-15)9-11(2)3/h11-15,17H,6-10H2,1-5H3. The monoisotopic (exact) mass is 281 g/mol. The summed E-state index contributed by atoms with van der Waals surface area (Å²) in [5, 5.41) is 3.62. The zero-order valence-electron chi connectivity index (χ0n) is 13.7. The Labute approximate surface area is 123 Å². The summed E-state index contributed by atoms with van der Waals surface area (Å²) < 4.78 is 0. The lowest BCUT2D eigenvalue weighted by Gasteiger charge is -2.31. The number of likely N-dealkylation sites (tertiary alicyclic amines) is 1. The molecule has 0 aromatic heterocycles. The Bertz CT molecular complexity index is 345. The molecule has 4 nitrogen and oxygen atoms in total. The Hall–Kier alpha value is -0.610. The van der Waals surface area contributed by atoms with Crippen molar-refractivity contribution in [2.45, 2.75) is 65.2 Å². The average Bonchev–Trinajstić information content (AvgIpc) is 2.92. The lowest BCUT2D eigenvalue weighted by atomic mass is 9.99. The van der Waals surface area contributed by atoms with E-state index < -0.39 is 0 Å². The summed E-state index contributed by atoms with van der Waals surface area (Å²) in [6.45, 7) is 11.0. The molecule has 1 N–H and O–H groups in total. The van der Waals surface area contributed by atoms with Crippen LogP contribution in [0.5, 0.6) is 0 Å². The molecule has 20 heavy (non-hydrogen) atoms. The van der Waals surface area contributed by atoms with Crippen LogP contribution < -0.4 is 5.32 Å². The van der Waals surface area contributed by atoms with E-state index in [0.717, 1.165) is 32.4 Å². The first-order chi connectivity index (χ1) is 9.43. The molecule has 2 aliphatic rings. The number of amides is 1. The summed E-state index contributed by atoms with van der Waals surface area (Å²) >= 11 is 0.